The Hall–Kier alpha value is -2.11. The Morgan fingerprint density at radius 1 is 0.472 bits per heavy atom. The first kappa shape index (κ1) is 67.9. The molecule has 0 saturated carbocycles. The van der Waals surface area contributed by atoms with E-state index in [9.17, 15) is 30.3 Å². The van der Waals surface area contributed by atoms with Gasteiger partial charge in [-0.1, -0.05) is 261 Å². The number of hydrogen-bond donors (Lipinski definition) is 6. The normalized spacial score (nSPS) is 19.6. The summed E-state index contributed by atoms with van der Waals surface area (Å²) < 4.78 is 11.2. The number of amides is 1. The third-order valence-corrected chi connectivity index (χ3v) is 14.3. The molecule has 1 aliphatic heterocycles. The van der Waals surface area contributed by atoms with Gasteiger partial charge in [0.2, 0.25) is 5.91 Å². The van der Waals surface area contributed by atoms with E-state index in [1.165, 1.54) is 199 Å². The van der Waals surface area contributed by atoms with Gasteiger partial charge in [0, 0.05) is 6.42 Å². The number of carbonyl (C=O) groups excluding carboxylic acids is 1. The molecule has 1 heterocycles. The van der Waals surface area contributed by atoms with Crippen molar-refractivity contribution in [3.05, 3.63) is 60.8 Å². The molecule has 1 saturated heterocycles. The first-order chi connectivity index (χ1) is 35.3. The van der Waals surface area contributed by atoms with Crippen LogP contribution in [0.3, 0.4) is 0 Å². The lowest BCUT2D eigenvalue weighted by Gasteiger charge is -2.40. The lowest BCUT2D eigenvalue weighted by atomic mass is 9.99. The van der Waals surface area contributed by atoms with E-state index in [0.29, 0.717) is 6.42 Å². The van der Waals surface area contributed by atoms with E-state index in [2.05, 4.69) is 67.8 Å². The molecule has 0 spiro atoms. The molecule has 1 fully saturated rings. The van der Waals surface area contributed by atoms with Crippen LogP contribution in [0.2, 0.25) is 0 Å². The Morgan fingerprint density at radius 2 is 0.847 bits per heavy atom. The monoisotopic (exact) mass is 1010 g/mol. The van der Waals surface area contributed by atoms with Crippen LogP contribution in [0.5, 0.6) is 0 Å². The molecule has 1 amide bonds. The highest BCUT2D eigenvalue weighted by molar-refractivity contribution is 5.76. The molecule has 9 heteroatoms. The molecule has 6 N–H and O–H groups in total. The number of unbranched alkanes of at least 4 members (excludes halogenated alkanes) is 34. The summed E-state index contributed by atoms with van der Waals surface area (Å²) in [6.07, 6.45) is 64.8. The van der Waals surface area contributed by atoms with Crippen LogP contribution in [-0.2, 0) is 14.3 Å². The molecular formula is C63H115NO8. The van der Waals surface area contributed by atoms with Gasteiger partial charge in [0.25, 0.3) is 0 Å². The summed E-state index contributed by atoms with van der Waals surface area (Å²) in [5, 5.41) is 54.3. The van der Waals surface area contributed by atoms with Crippen LogP contribution in [0.1, 0.15) is 277 Å². The molecule has 420 valence electrons. The maximum absolute atomic E-state index is 13.0. The average Bonchev–Trinajstić information content (AvgIpc) is 3.38. The highest BCUT2D eigenvalue weighted by atomic mass is 16.7. The van der Waals surface area contributed by atoms with E-state index in [4.69, 9.17) is 9.47 Å². The molecule has 9 nitrogen and oxygen atoms in total. The molecular weight excluding hydrogens is 899 g/mol. The topological polar surface area (TPSA) is 149 Å². The molecule has 0 aromatic heterocycles. The van der Waals surface area contributed by atoms with Crippen molar-refractivity contribution in [3.8, 4) is 0 Å². The zero-order chi connectivity index (χ0) is 52.2. The van der Waals surface area contributed by atoms with Gasteiger partial charge >= 0.3 is 0 Å². The molecule has 0 aromatic carbocycles. The van der Waals surface area contributed by atoms with Gasteiger partial charge in [-0.25, -0.2) is 0 Å². The minimum atomic E-state index is -1.57. The Balaban J connectivity index is 2.05. The Labute approximate surface area is 443 Å². The standard InChI is InChI=1S/C63H115NO8/c1-3-5-7-9-11-13-15-17-18-19-20-21-22-23-24-25-26-27-28-29-30-31-32-33-34-35-36-37-38-39-40-41-43-45-47-49-51-53-59(67)64-56(55-71-63-62(70)61(69)60(68)58(54-65)72-63)57(66)52-50-48-46-44-42-16-14-12-10-8-6-4-2/h10,12,15,17,19-20,42,44,50,52,56-58,60-63,65-66,68-70H,3-9,11,13-14,16,18,21-41,43,45-49,51,53-55H2,1-2H3,(H,64,67)/b12-10+,17-15-,20-19-,44-42+,52-50+. The van der Waals surface area contributed by atoms with E-state index in [-0.39, 0.29) is 12.5 Å². The van der Waals surface area contributed by atoms with Gasteiger partial charge in [0.15, 0.2) is 6.29 Å². The minimum Gasteiger partial charge on any atom is -0.394 e. The predicted octanol–water partition coefficient (Wildman–Crippen LogP) is 15.5. The van der Waals surface area contributed by atoms with Gasteiger partial charge in [0.1, 0.15) is 24.4 Å². The maximum Gasteiger partial charge on any atom is 0.220 e. The summed E-state index contributed by atoms with van der Waals surface area (Å²) in [5.74, 6) is -0.189. The number of nitrogens with one attached hydrogen (secondary N) is 1. The van der Waals surface area contributed by atoms with Crippen molar-refractivity contribution in [2.45, 2.75) is 320 Å². The summed E-state index contributed by atoms with van der Waals surface area (Å²) in [4.78, 5) is 13.0. The van der Waals surface area contributed by atoms with Crippen molar-refractivity contribution in [2.24, 2.45) is 0 Å². The first-order valence-electron chi connectivity index (χ1n) is 30.5. The number of allylic oxidation sites excluding steroid dienone is 9. The zero-order valence-corrected chi connectivity index (χ0v) is 46.7. The van der Waals surface area contributed by atoms with Gasteiger partial charge in [-0.2, -0.15) is 0 Å². The third kappa shape index (κ3) is 41.2. The van der Waals surface area contributed by atoms with Crippen LogP contribution in [0.4, 0.5) is 0 Å². The fourth-order valence-corrected chi connectivity index (χ4v) is 9.44. The number of rotatable bonds is 52. The van der Waals surface area contributed by atoms with Gasteiger partial charge in [-0.05, 0) is 70.6 Å². The molecule has 0 radical (unpaired) electrons. The molecule has 7 atom stereocenters. The second-order valence-corrected chi connectivity index (χ2v) is 21.1. The fourth-order valence-electron chi connectivity index (χ4n) is 9.44. The lowest BCUT2D eigenvalue weighted by molar-refractivity contribution is -0.302. The van der Waals surface area contributed by atoms with E-state index < -0.39 is 49.5 Å². The van der Waals surface area contributed by atoms with Crippen molar-refractivity contribution >= 4 is 5.91 Å². The highest BCUT2D eigenvalue weighted by Crippen LogP contribution is 2.23. The van der Waals surface area contributed by atoms with Crippen LogP contribution in [0.25, 0.3) is 0 Å². The largest absolute Gasteiger partial charge is 0.394 e. The second kappa shape index (κ2) is 52.3. The van der Waals surface area contributed by atoms with E-state index >= 15 is 0 Å². The highest BCUT2D eigenvalue weighted by Gasteiger charge is 2.44. The number of hydrogen-bond acceptors (Lipinski definition) is 8. The van der Waals surface area contributed by atoms with Gasteiger partial charge in [-0.3, -0.25) is 4.79 Å². The Morgan fingerprint density at radius 3 is 1.29 bits per heavy atom. The number of aliphatic hydroxyl groups excluding tert-OH is 5. The zero-order valence-electron chi connectivity index (χ0n) is 46.7. The fraction of sp³-hybridized carbons (Fsp3) is 0.825. The van der Waals surface area contributed by atoms with Gasteiger partial charge < -0.3 is 40.3 Å². The van der Waals surface area contributed by atoms with Crippen LogP contribution in [-0.4, -0.2) is 87.5 Å². The van der Waals surface area contributed by atoms with E-state index in [0.717, 1.165) is 57.8 Å². The molecule has 7 unspecified atom stereocenters. The number of aliphatic hydroxyl groups is 5. The van der Waals surface area contributed by atoms with Crippen LogP contribution in [0, 0.1) is 0 Å². The lowest BCUT2D eigenvalue weighted by Crippen LogP contribution is -2.60. The summed E-state index contributed by atoms with van der Waals surface area (Å²) in [7, 11) is 0. The summed E-state index contributed by atoms with van der Waals surface area (Å²) >= 11 is 0. The molecule has 72 heavy (non-hydrogen) atoms. The first-order valence-corrected chi connectivity index (χ1v) is 30.5. The summed E-state index contributed by atoms with van der Waals surface area (Å²) in [5.41, 5.74) is 0. The minimum absolute atomic E-state index is 0.189. The average molecular weight is 1010 g/mol. The third-order valence-electron chi connectivity index (χ3n) is 14.3. The SMILES string of the molecule is CCCC/C=C/CC/C=C/CC/C=C/C(O)C(COC1OC(CO)C(O)C(O)C1O)NC(=O)CCCCCCCCCCCCCCCCCCCCCCCCCCC/C=C\C/C=C\CCCCCCC. The Bertz CT molecular complexity index is 1310. The smallest absolute Gasteiger partial charge is 0.220 e. The van der Waals surface area contributed by atoms with Crippen LogP contribution < -0.4 is 5.32 Å². The van der Waals surface area contributed by atoms with Gasteiger partial charge in [0.05, 0.1) is 25.4 Å². The number of carbonyl (C=O) groups is 1. The van der Waals surface area contributed by atoms with Crippen molar-refractivity contribution in [1.29, 1.82) is 0 Å². The Kier molecular flexibility index (Phi) is 49.4. The quantitative estimate of drug-likeness (QED) is 0.0261. The second-order valence-electron chi connectivity index (χ2n) is 21.1. The van der Waals surface area contributed by atoms with Crippen molar-refractivity contribution < 1.29 is 39.8 Å². The van der Waals surface area contributed by atoms with Crippen molar-refractivity contribution in [2.75, 3.05) is 13.2 Å². The van der Waals surface area contributed by atoms with E-state index in [1.807, 2.05) is 6.08 Å². The van der Waals surface area contributed by atoms with Crippen LogP contribution in [0.15, 0.2) is 60.8 Å². The van der Waals surface area contributed by atoms with E-state index in [1.54, 1.807) is 6.08 Å². The molecule has 1 rings (SSSR count). The molecule has 0 bridgehead atoms. The van der Waals surface area contributed by atoms with Gasteiger partial charge in [-0.15, -0.1) is 0 Å². The van der Waals surface area contributed by atoms with Crippen molar-refractivity contribution in [1.82, 2.24) is 5.32 Å². The summed E-state index contributed by atoms with van der Waals surface area (Å²) in [6.45, 7) is 3.70. The maximum atomic E-state index is 13.0. The molecule has 1 aliphatic rings. The summed E-state index contributed by atoms with van der Waals surface area (Å²) in [6, 6.07) is -0.827. The van der Waals surface area contributed by atoms with Crippen LogP contribution >= 0.6 is 0 Å². The predicted molar refractivity (Wildman–Crippen MR) is 304 cm³/mol. The van der Waals surface area contributed by atoms with Crippen molar-refractivity contribution in [3.63, 3.8) is 0 Å². The molecule has 0 aliphatic carbocycles. The molecule has 0 aromatic rings. The number of ether oxygens (including phenoxy) is 2.